The fourth-order valence-electron chi connectivity index (χ4n) is 10.0. The van der Waals surface area contributed by atoms with Gasteiger partial charge in [-0.2, -0.15) is 0 Å². The smallest absolute Gasteiger partial charge is 0.263 e. The van der Waals surface area contributed by atoms with Crippen LogP contribution in [0.1, 0.15) is 133 Å². The molecule has 13 heteroatoms. The number of anilines is 2. The number of hydrogen-bond donors (Lipinski definition) is 3. The van der Waals surface area contributed by atoms with Gasteiger partial charge < -0.3 is 20.2 Å². The van der Waals surface area contributed by atoms with E-state index in [4.69, 9.17) is 0 Å². The van der Waals surface area contributed by atoms with Gasteiger partial charge in [-0.1, -0.05) is 62.9 Å². The minimum atomic E-state index is -0.961. The lowest BCUT2D eigenvalue weighted by Crippen LogP contribution is -2.54. The fourth-order valence-corrected chi connectivity index (χ4v) is 11.1. The van der Waals surface area contributed by atoms with Crippen LogP contribution < -0.4 is 15.5 Å². The number of fused-ring (bicyclic) bond motifs is 4. The number of thioether (sulfide) groups is 1. The molecule has 5 heterocycles. The number of unbranched alkanes of at least 4 members (excludes halogenated alkanes) is 5. The number of imide groups is 2. The van der Waals surface area contributed by atoms with E-state index < -0.39 is 23.8 Å². The minimum Gasteiger partial charge on any atom is -0.394 e. The molecule has 1 unspecified atom stereocenters. The summed E-state index contributed by atoms with van der Waals surface area (Å²) >= 11 is 1.57. The third-order valence-corrected chi connectivity index (χ3v) is 14.4. The van der Waals surface area contributed by atoms with Crippen molar-refractivity contribution < 1.29 is 29.1 Å². The van der Waals surface area contributed by atoms with Crippen molar-refractivity contribution in [3.8, 4) is 11.8 Å². The molecule has 0 radical (unpaired) electrons. The lowest BCUT2D eigenvalue weighted by atomic mass is 9.81. The number of aromatic nitrogens is 1. The van der Waals surface area contributed by atoms with Gasteiger partial charge in [-0.25, -0.2) is 4.98 Å². The van der Waals surface area contributed by atoms with Crippen LogP contribution in [0.4, 0.5) is 11.5 Å². The van der Waals surface area contributed by atoms with Gasteiger partial charge >= 0.3 is 0 Å². The number of carbonyl (C=O) groups is 5. The van der Waals surface area contributed by atoms with Gasteiger partial charge in [0.2, 0.25) is 17.7 Å². The SMILES string of the molecule is CN1c2ccc(C#Cc3ccc(NCCCCCCCCSc4cccc5c4C(=O)N(C4CCC(=O)NC4=O)C5=O)nc3)cc2[C@H]2[C@H](CCN2C(=O)C2CCCCC2)[C@H]1CO. The number of amides is 5. The van der Waals surface area contributed by atoms with Crippen molar-refractivity contribution in [2.75, 3.05) is 42.7 Å². The second-order valence-corrected chi connectivity index (χ2v) is 18.2. The zero-order valence-corrected chi connectivity index (χ0v) is 35.8. The van der Waals surface area contributed by atoms with Crippen LogP contribution >= 0.6 is 11.8 Å². The molecular weight excluding hydrogens is 789 g/mol. The number of pyridine rings is 1. The summed E-state index contributed by atoms with van der Waals surface area (Å²) in [6, 6.07) is 14.5. The third kappa shape index (κ3) is 9.07. The molecule has 4 atom stereocenters. The van der Waals surface area contributed by atoms with Crippen LogP contribution in [-0.2, 0) is 14.4 Å². The molecule has 2 aromatic carbocycles. The largest absolute Gasteiger partial charge is 0.394 e. The van der Waals surface area contributed by atoms with Gasteiger partial charge in [0.15, 0.2) is 0 Å². The van der Waals surface area contributed by atoms with Crippen molar-refractivity contribution in [3.05, 3.63) is 82.5 Å². The highest BCUT2D eigenvalue weighted by molar-refractivity contribution is 7.99. The number of aliphatic hydroxyl groups excluding tert-OH is 1. The predicted molar refractivity (Wildman–Crippen MR) is 235 cm³/mol. The standard InChI is InChI=1S/C48H56N6O6S/c1-52-37-20-18-31(28-36(37)44-34(39(52)30-55)24-26-53(44)46(58)33-12-7-6-8-13-33)16-17-32-19-22-41(50-29-32)49-25-9-4-2-3-5-10-27-61-40-15-11-14-35-43(40)48(60)54(47(35)59)38-21-23-42(56)51-45(38)57/h11,14-15,18-20,22,28-29,33-34,38-39,44,55H,2-10,12-13,21,23-27,30H2,1H3,(H,49,50)(H,51,56,57)/t34-,38?,39-,44-/m1/s1. The number of nitrogens with one attached hydrogen (secondary N) is 2. The number of piperidine rings is 1. The van der Waals surface area contributed by atoms with E-state index in [-0.39, 0.29) is 55.2 Å². The Morgan fingerprint density at radius 2 is 1.67 bits per heavy atom. The number of aliphatic hydroxyl groups is 1. The Balaban J connectivity index is 0.761. The van der Waals surface area contributed by atoms with Crippen LogP contribution in [0.25, 0.3) is 0 Å². The van der Waals surface area contributed by atoms with Crippen LogP contribution in [0, 0.1) is 23.7 Å². The number of benzene rings is 2. The van der Waals surface area contributed by atoms with Gasteiger partial charge in [-0.3, -0.25) is 34.2 Å². The van der Waals surface area contributed by atoms with Crippen molar-refractivity contribution in [3.63, 3.8) is 0 Å². The first-order valence-electron chi connectivity index (χ1n) is 22.2. The molecule has 3 aromatic rings. The Hall–Kier alpha value is -5.19. The van der Waals surface area contributed by atoms with E-state index >= 15 is 0 Å². The Bertz CT molecular complexity index is 2210. The maximum absolute atomic E-state index is 13.8. The number of nitrogens with zero attached hydrogens (tertiary/aromatic N) is 4. The number of rotatable bonds is 14. The van der Waals surface area contributed by atoms with Crippen molar-refractivity contribution in [1.82, 2.24) is 20.1 Å². The molecule has 3 N–H and O–H groups in total. The fraction of sp³-hybridized carbons (Fsp3) is 0.500. The van der Waals surface area contributed by atoms with Gasteiger partial charge in [-0.05, 0) is 92.3 Å². The Morgan fingerprint density at radius 3 is 2.44 bits per heavy atom. The molecule has 1 saturated carbocycles. The van der Waals surface area contributed by atoms with Crippen molar-refractivity contribution in [1.29, 1.82) is 0 Å². The monoisotopic (exact) mass is 844 g/mol. The maximum Gasteiger partial charge on any atom is 0.263 e. The van der Waals surface area contributed by atoms with Crippen molar-refractivity contribution in [2.45, 2.75) is 113 Å². The molecular formula is C48H56N6O6S. The van der Waals surface area contributed by atoms with Crippen molar-refractivity contribution in [2.24, 2.45) is 11.8 Å². The Kier molecular flexibility index (Phi) is 13.4. The Labute approximate surface area is 362 Å². The molecule has 0 bridgehead atoms. The van der Waals surface area contributed by atoms with Crippen LogP contribution in [0.15, 0.2) is 59.6 Å². The van der Waals surface area contributed by atoms with Crippen LogP contribution in [0.2, 0.25) is 0 Å². The summed E-state index contributed by atoms with van der Waals surface area (Å²) in [4.78, 5) is 75.0. The number of hydrogen-bond acceptors (Lipinski definition) is 10. The highest BCUT2D eigenvalue weighted by Gasteiger charge is 2.49. The van der Waals surface area contributed by atoms with Gasteiger partial charge in [0.1, 0.15) is 11.9 Å². The van der Waals surface area contributed by atoms with Crippen LogP contribution in [-0.4, -0.2) is 94.0 Å². The first-order valence-corrected chi connectivity index (χ1v) is 23.2. The van der Waals surface area contributed by atoms with E-state index in [2.05, 4.69) is 56.4 Å². The zero-order chi connectivity index (χ0) is 42.5. The summed E-state index contributed by atoms with van der Waals surface area (Å²) < 4.78 is 0. The quantitative estimate of drug-likeness (QED) is 0.0692. The van der Waals surface area contributed by atoms with E-state index in [1.54, 1.807) is 30.1 Å². The molecule has 1 aromatic heterocycles. The number of carbonyl (C=O) groups excluding carboxylic acids is 5. The zero-order valence-electron chi connectivity index (χ0n) is 35.0. The second-order valence-electron chi connectivity index (χ2n) is 17.1. The van der Waals surface area contributed by atoms with Crippen LogP contribution in [0.5, 0.6) is 0 Å². The summed E-state index contributed by atoms with van der Waals surface area (Å²) in [5.74, 6) is 6.95. The molecule has 61 heavy (non-hydrogen) atoms. The first-order chi connectivity index (χ1) is 29.7. The summed E-state index contributed by atoms with van der Waals surface area (Å²) in [5.41, 5.74) is 4.62. The van der Waals surface area contributed by atoms with Crippen molar-refractivity contribution >= 4 is 52.8 Å². The average molecular weight is 845 g/mol. The first kappa shape index (κ1) is 42.5. The topological polar surface area (TPSA) is 152 Å². The summed E-state index contributed by atoms with van der Waals surface area (Å²) in [6.45, 7) is 1.64. The van der Waals surface area contributed by atoms with E-state index in [0.717, 1.165) is 127 Å². The molecule has 320 valence electrons. The van der Waals surface area contributed by atoms with Gasteiger partial charge in [0.05, 0.1) is 29.8 Å². The maximum atomic E-state index is 13.8. The second kappa shape index (κ2) is 19.2. The number of likely N-dealkylation sites (tertiary alicyclic amines) is 1. The normalized spacial score (nSPS) is 22.4. The van der Waals surface area contributed by atoms with Crippen LogP contribution in [0.3, 0.4) is 0 Å². The van der Waals surface area contributed by atoms with Gasteiger partial charge in [0, 0.05) is 66.3 Å². The van der Waals surface area contributed by atoms with E-state index in [1.165, 1.54) is 6.42 Å². The lowest BCUT2D eigenvalue weighted by Gasteiger charge is -2.45. The Morgan fingerprint density at radius 1 is 0.902 bits per heavy atom. The summed E-state index contributed by atoms with van der Waals surface area (Å²) in [7, 11) is 2.05. The molecule has 5 amide bonds. The molecule has 2 saturated heterocycles. The highest BCUT2D eigenvalue weighted by Crippen LogP contribution is 2.49. The molecule has 1 aliphatic carbocycles. The lowest BCUT2D eigenvalue weighted by molar-refractivity contribution is -0.138. The predicted octanol–water partition coefficient (Wildman–Crippen LogP) is 6.71. The summed E-state index contributed by atoms with van der Waals surface area (Å²) in [6.07, 6.45) is 14.8. The average Bonchev–Trinajstić information content (AvgIpc) is 3.83. The summed E-state index contributed by atoms with van der Waals surface area (Å²) in [5, 5.41) is 16.1. The molecule has 4 aliphatic heterocycles. The molecule has 12 nitrogen and oxygen atoms in total. The highest BCUT2D eigenvalue weighted by atomic mass is 32.2. The van der Waals surface area contributed by atoms with E-state index in [1.807, 2.05) is 24.3 Å². The molecule has 0 spiro atoms. The molecule has 8 rings (SSSR count). The molecule has 5 aliphatic rings. The third-order valence-electron chi connectivity index (χ3n) is 13.3. The van der Waals surface area contributed by atoms with E-state index in [9.17, 15) is 29.1 Å². The number of likely N-dealkylation sites (N-methyl/N-ethyl adjacent to an activating group) is 1. The minimum absolute atomic E-state index is 0.0171. The van der Waals surface area contributed by atoms with Gasteiger partial charge in [0.25, 0.3) is 11.8 Å². The van der Waals surface area contributed by atoms with E-state index in [0.29, 0.717) is 11.1 Å². The van der Waals surface area contributed by atoms with Gasteiger partial charge in [-0.15, -0.1) is 11.8 Å². The molecule has 3 fully saturated rings.